The summed E-state index contributed by atoms with van der Waals surface area (Å²) < 4.78 is 4.89. The number of hydrogen-bond donors (Lipinski definition) is 0. The molecule has 0 amide bonds. The van der Waals surface area contributed by atoms with Gasteiger partial charge in [-0.2, -0.15) is 0 Å². The van der Waals surface area contributed by atoms with Crippen LogP contribution in [0.2, 0.25) is 0 Å². The van der Waals surface area contributed by atoms with Gasteiger partial charge in [-0.3, -0.25) is 4.79 Å². The molecule has 0 saturated carbocycles. The van der Waals surface area contributed by atoms with E-state index in [4.69, 9.17) is 4.74 Å². The number of carbonyl (C=O) groups is 1. The molecule has 16 heavy (non-hydrogen) atoms. The summed E-state index contributed by atoms with van der Waals surface area (Å²) in [4.78, 5) is 13.6. The van der Waals surface area contributed by atoms with E-state index >= 15 is 0 Å². The fourth-order valence-corrected chi connectivity index (χ4v) is 2.20. The van der Waals surface area contributed by atoms with Crippen molar-refractivity contribution in [2.45, 2.75) is 51.9 Å². The lowest BCUT2D eigenvalue weighted by molar-refractivity contribution is -0.143. The van der Waals surface area contributed by atoms with Crippen LogP contribution >= 0.6 is 0 Å². The van der Waals surface area contributed by atoms with Gasteiger partial charge >= 0.3 is 5.97 Å². The number of carbonyl (C=O) groups excluding carboxylic acids is 1. The molecule has 0 spiro atoms. The summed E-state index contributed by atoms with van der Waals surface area (Å²) in [6.45, 7) is 6.12. The van der Waals surface area contributed by atoms with Crippen LogP contribution in [0.4, 0.5) is 0 Å². The van der Waals surface area contributed by atoms with E-state index in [2.05, 4.69) is 4.90 Å². The van der Waals surface area contributed by atoms with E-state index < -0.39 is 0 Å². The monoisotopic (exact) mass is 227 g/mol. The first-order valence-corrected chi connectivity index (χ1v) is 6.71. The van der Waals surface area contributed by atoms with Gasteiger partial charge in [-0.25, -0.2) is 0 Å². The highest BCUT2D eigenvalue weighted by atomic mass is 16.5. The van der Waals surface area contributed by atoms with Crippen molar-refractivity contribution in [3.8, 4) is 0 Å². The van der Waals surface area contributed by atoms with Gasteiger partial charge in [-0.1, -0.05) is 12.8 Å². The van der Waals surface area contributed by atoms with Crippen molar-refractivity contribution in [1.29, 1.82) is 0 Å². The van der Waals surface area contributed by atoms with Crippen LogP contribution in [0.25, 0.3) is 0 Å². The van der Waals surface area contributed by atoms with Crippen molar-refractivity contribution < 1.29 is 9.53 Å². The first kappa shape index (κ1) is 13.5. The Morgan fingerprint density at radius 3 is 2.56 bits per heavy atom. The molecule has 94 valence electrons. The zero-order chi connectivity index (χ0) is 11.6. The average Bonchev–Trinajstić information content (AvgIpc) is 2.30. The van der Waals surface area contributed by atoms with Crippen LogP contribution in [-0.2, 0) is 9.53 Å². The van der Waals surface area contributed by atoms with Gasteiger partial charge in [0.2, 0.25) is 0 Å². The average molecular weight is 227 g/mol. The first-order valence-electron chi connectivity index (χ1n) is 6.71. The van der Waals surface area contributed by atoms with E-state index in [1.54, 1.807) is 0 Å². The van der Waals surface area contributed by atoms with Gasteiger partial charge in [0.05, 0.1) is 6.61 Å². The van der Waals surface area contributed by atoms with E-state index in [0.29, 0.717) is 13.0 Å². The summed E-state index contributed by atoms with van der Waals surface area (Å²) in [6, 6.07) is 0. The van der Waals surface area contributed by atoms with E-state index in [0.717, 1.165) is 12.8 Å². The molecule has 0 unspecified atom stereocenters. The Labute approximate surface area is 99.1 Å². The van der Waals surface area contributed by atoms with Crippen LogP contribution < -0.4 is 0 Å². The minimum absolute atomic E-state index is 0.0412. The summed E-state index contributed by atoms with van der Waals surface area (Å²) in [5, 5.41) is 0. The van der Waals surface area contributed by atoms with Crippen molar-refractivity contribution in [2.75, 3.05) is 26.2 Å². The van der Waals surface area contributed by atoms with Crippen molar-refractivity contribution in [1.82, 2.24) is 4.90 Å². The quantitative estimate of drug-likeness (QED) is 0.494. The molecular weight excluding hydrogens is 202 g/mol. The molecule has 1 rings (SSSR count). The third kappa shape index (κ3) is 6.11. The highest BCUT2D eigenvalue weighted by Crippen LogP contribution is 2.10. The number of unbranched alkanes of at least 4 members (excludes halogenated alkanes) is 2. The fraction of sp³-hybridized carbons (Fsp3) is 0.923. The standard InChI is InChI=1S/C13H25NO2/c1-2-16-13(15)9-5-3-6-10-14-11-7-4-8-12-14/h2-12H2,1H3. The lowest BCUT2D eigenvalue weighted by Crippen LogP contribution is -2.30. The van der Waals surface area contributed by atoms with E-state index in [1.165, 1.54) is 45.3 Å². The highest BCUT2D eigenvalue weighted by Gasteiger charge is 2.09. The van der Waals surface area contributed by atoms with Crippen LogP contribution in [0.15, 0.2) is 0 Å². The second kappa shape index (κ2) is 8.57. The topological polar surface area (TPSA) is 29.5 Å². The molecule has 0 N–H and O–H groups in total. The molecule has 3 heteroatoms. The maximum atomic E-state index is 11.1. The first-order chi connectivity index (χ1) is 7.83. The number of hydrogen-bond acceptors (Lipinski definition) is 3. The van der Waals surface area contributed by atoms with E-state index in [1.807, 2.05) is 6.92 Å². The Morgan fingerprint density at radius 2 is 1.88 bits per heavy atom. The molecule has 0 aromatic rings. The molecule has 1 aliphatic rings. The van der Waals surface area contributed by atoms with E-state index in [9.17, 15) is 4.79 Å². The van der Waals surface area contributed by atoms with Gasteiger partial charge in [0.1, 0.15) is 0 Å². The molecule has 0 bridgehead atoms. The molecule has 1 fully saturated rings. The lowest BCUT2D eigenvalue weighted by atomic mass is 10.1. The maximum absolute atomic E-state index is 11.1. The van der Waals surface area contributed by atoms with Crippen LogP contribution in [0, 0.1) is 0 Å². The molecule has 0 radical (unpaired) electrons. The number of ether oxygens (including phenoxy) is 1. The second-order valence-corrected chi connectivity index (χ2v) is 4.52. The summed E-state index contributed by atoms with van der Waals surface area (Å²) in [5.41, 5.74) is 0. The third-order valence-corrected chi connectivity index (χ3v) is 3.11. The Morgan fingerprint density at radius 1 is 1.12 bits per heavy atom. The minimum atomic E-state index is -0.0412. The van der Waals surface area contributed by atoms with E-state index in [-0.39, 0.29) is 5.97 Å². The number of rotatable bonds is 7. The van der Waals surface area contributed by atoms with Crippen LogP contribution in [0.5, 0.6) is 0 Å². The SMILES string of the molecule is CCOC(=O)CCCCCN1CCCCC1. The zero-order valence-electron chi connectivity index (χ0n) is 10.5. The van der Waals surface area contributed by atoms with Gasteiger partial charge in [0.15, 0.2) is 0 Å². The molecule has 0 aromatic heterocycles. The summed E-state index contributed by atoms with van der Waals surface area (Å²) in [5.74, 6) is -0.0412. The number of esters is 1. The Bertz CT molecular complexity index is 188. The van der Waals surface area contributed by atoms with Crippen molar-refractivity contribution >= 4 is 5.97 Å². The molecule has 0 aliphatic carbocycles. The number of likely N-dealkylation sites (tertiary alicyclic amines) is 1. The smallest absolute Gasteiger partial charge is 0.305 e. The highest BCUT2D eigenvalue weighted by molar-refractivity contribution is 5.69. The zero-order valence-corrected chi connectivity index (χ0v) is 10.5. The van der Waals surface area contributed by atoms with Gasteiger partial charge < -0.3 is 9.64 Å². The van der Waals surface area contributed by atoms with Gasteiger partial charge in [-0.15, -0.1) is 0 Å². The maximum Gasteiger partial charge on any atom is 0.305 e. The summed E-state index contributed by atoms with van der Waals surface area (Å²) in [6.07, 6.45) is 8.07. The third-order valence-electron chi connectivity index (χ3n) is 3.11. The largest absolute Gasteiger partial charge is 0.466 e. The molecular formula is C13H25NO2. The molecule has 0 aromatic carbocycles. The number of nitrogens with zero attached hydrogens (tertiary/aromatic N) is 1. The number of piperidine rings is 1. The molecule has 1 saturated heterocycles. The van der Waals surface area contributed by atoms with Crippen LogP contribution in [-0.4, -0.2) is 37.1 Å². The Balaban J connectivity index is 1.89. The predicted molar refractivity (Wildman–Crippen MR) is 65.4 cm³/mol. The van der Waals surface area contributed by atoms with Crippen molar-refractivity contribution in [3.63, 3.8) is 0 Å². The second-order valence-electron chi connectivity index (χ2n) is 4.52. The van der Waals surface area contributed by atoms with Crippen molar-refractivity contribution in [2.24, 2.45) is 0 Å². The minimum Gasteiger partial charge on any atom is -0.466 e. The van der Waals surface area contributed by atoms with Gasteiger partial charge in [0, 0.05) is 6.42 Å². The Hall–Kier alpha value is -0.570. The Kier molecular flexibility index (Phi) is 7.23. The van der Waals surface area contributed by atoms with Crippen LogP contribution in [0.1, 0.15) is 51.9 Å². The molecule has 1 heterocycles. The predicted octanol–water partition coefficient (Wildman–Crippen LogP) is 2.60. The fourth-order valence-electron chi connectivity index (χ4n) is 2.20. The molecule has 1 aliphatic heterocycles. The summed E-state index contributed by atoms with van der Waals surface area (Å²) >= 11 is 0. The summed E-state index contributed by atoms with van der Waals surface area (Å²) in [7, 11) is 0. The van der Waals surface area contributed by atoms with Crippen LogP contribution in [0.3, 0.4) is 0 Å². The molecule has 3 nitrogen and oxygen atoms in total. The van der Waals surface area contributed by atoms with Gasteiger partial charge in [0.25, 0.3) is 0 Å². The normalized spacial score (nSPS) is 17.3. The van der Waals surface area contributed by atoms with Crippen molar-refractivity contribution in [3.05, 3.63) is 0 Å². The molecule has 0 atom stereocenters. The lowest BCUT2D eigenvalue weighted by Gasteiger charge is -2.26. The van der Waals surface area contributed by atoms with Gasteiger partial charge in [-0.05, 0) is 52.2 Å².